The fourth-order valence-electron chi connectivity index (χ4n) is 2.43. The zero-order valence-electron chi connectivity index (χ0n) is 10.3. The number of hydrogen-bond acceptors (Lipinski definition) is 3. The van der Waals surface area contributed by atoms with Crippen molar-refractivity contribution in [2.24, 2.45) is 5.92 Å². The number of aromatic nitrogens is 2. The number of aliphatic hydroxyl groups is 1. The predicted molar refractivity (Wildman–Crippen MR) is 63.1 cm³/mol. The van der Waals surface area contributed by atoms with Crippen LogP contribution >= 0.6 is 0 Å². The molecule has 1 aliphatic rings. The summed E-state index contributed by atoms with van der Waals surface area (Å²) >= 11 is 0. The maximum atomic E-state index is 9.56. The van der Waals surface area contributed by atoms with Crippen LogP contribution in [0.15, 0.2) is 0 Å². The zero-order chi connectivity index (χ0) is 11.7. The van der Waals surface area contributed by atoms with E-state index in [0.29, 0.717) is 5.92 Å². The minimum Gasteiger partial charge on any atom is -0.393 e. The van der Waals surface area contributed by atoms with Crippen molar-refractivity contribution in [1.82, 2.24) is 15.1 Å². The first-order valence-electron chi connectivity index (χ1n) is 5.98. The molecule has 2 N–H and O–H groups in total. The molecule has 4 heteroatoms. The van der Waals surface area contributed by atoms with Crippen LogP contribution in [0, 0.1) is 19.8 Å². The Morgan fingerprint density at radius 2 is 2.31 bits per heavy atom. The SMILES string of the molecule is Cc1n[nH]c(C)c1CN1CCC(C(C)O)C1. The Morgan fingerprint density at radius 3 is 2.81 bits per heavy atom. The van der Waals surface area contributed by atoms with E-state index >= 15 is 0 Å². The smallest absolute Gasteiger partial charge is 0.0639 e. The Balaban J connectivity index is 1.97. The fraction of sp³-hybridized carbons (Fsp3) is 0.750. The van der Waals surface area contributed by atoms with Crippen LogP contribution < -0.4 is 0 Å². The Kier molecular flexibility index (Phi) is 3.30. The average molecular weight is 223 g/mol. The van der Waals surface area contributed by atoms with Crippen molar-refractivity contribution in [3.63, 3.8) is 0 Å². The van der Waals surface area contributed by atoms with Crippen molar-refractivity contribution < 1.29 is 5.11 Å². The van der Waals surface area contributed by atoms with Crippen molar-refractivity contribution in [2.45, 2.75) is 39.8 Å². The van der Waals surface area contributed by atoms with Crippen LogP contribution in [0.1, 0.15) is 30.3 Å². The van der Waals surface area contributed by atoms with Crippen LogP contribution in [0.25, 0.3) is 0 Å². The van der Waals surface area contributed by atoms with Crippen LogP contribution in [0.2, 0.25) is 0 Å². The van der Waals surface area contributed by atoms with E-state index in [1.165, 1.54) is 5.56 Å². The Morgan fingerprint density at radius 1 is 1.56 bits per heavy atom. The Labute approximate surface area is 96.7 Å². The van der Waals surface area contributed by atoms with Crippen LogP contribution in [0.3, 0.4) is 0 Å². The minimum absolute atomic E-state index is 0.184. The fourth-order valence-corrected chi connectivity index (χ4v) is 2.43. The first kappa shape index (κ1) is 11.6. The van der Waals surface area contributed by atoms with E-state index in [4.69, 9.17) is 0 Å². The highest BCUT2D eigenvalue weighted by atomic mass is 16.3. The zero-order valence-corrected chi connectivity index (χ0v) is 10.3. The van der Waals surface area contributed by atoms with Gasteiger partial charge in [-0.1, -0.05) is 0 Å². The van der Waals surface area contributed by atoms with Crippen molar-refractivity contribution >= 4 is 0 Å². The minimum atomic E-state index is -0.184. The topological polar surface area (TPSA) is 52.2 Å². The van der Waals surface area contributed by atoms with E-state index in [9.17, 15) is 5.11 Å². The van der Waals surface area contributed by atoms with Crippen molar-refractivity contribution in [3.05, 3.63) is 17.0 Å². The van der Waals surface area contributed by atoms with E-state index in [0.717, 1.165) is 37.4 Å². The van der Waals surface area contributed by atoms with Gasteiger partial charge in [0.1, 0.15) is 0 Å². The standard InChI is InChI=1S/C12H21N3O/c1-8-12(9(2)14-13-8)7-15-5-4-11(6-15)10(3)16/h10-11,16H,4-7H2,1-3H3,(H,13,14). The normalized spacial score (nSPS) is 23.9. The van der Waals surface area contributed by atoms with E-state index in [-0.39, 0.29) is 6.10 Å². The van der Waals surface area contributed by atoms with Crippen molar-refractivity contribution in [1.29, 1.82) is 0 Å². The largest absolute Gasteiger partial charge is 0.393 e. The van der Waals surface area contributed by atoms with Gasteiger partial charge in [0.2, 0.25) is 0 Å². The van der Waals surface area contributed by atoms with Crippen LogP contribution in [-0.4, -0.2) is 39.4 Å². The number of aryl methyl sites for hydroxylation is 2. The molecule has 2 unspecified atom stereocenters. The van der Waals surface area contributed by atoms with Gasteiger partial charge in [-0.2, -0.15) is 5.10 Å². The third kappa shape index (κ3) is 2.28. The van der Waals surface area contributed by atoms with Gasteiger partial charge in [-0.3, -0.25) is 10.00 Å². The summed E-state index contributed by atoms with van der Waals surface area (Å²) in [4.78, 5) is 2.41. The van der Waals surface area contributed by atoms with E-state index in [1.807, 2.05) is 13.8 Å². The molecule has 1 saturated heterocycles. The molecule has 90 valence electrons. The quantitative estimate of drug-likeness (QED) is 0.810. The lowest BCUT2D eigenvalue weighted by atomic mass is 10.0. The molecule has 1 fully saturated rings. The second kappa shape index (κ2) is 4.55. The average Bonchev–Trinajstić information content (AvgIpc) is 2.80. The molecule has 0 saturated carbocycles. The molecule has 0 aromatic carbocycles. The molecule has 4 nitrogen and oxygen atoms in total. The lowest BCUT2D eigenvalue weighted by Crippen LogP contribution is -2.24. The summed E-state index contributed by atoms with van der Waals surface area (Å²) in [6.07, 6.45) is 0.921. The van der Waals surface area contributed by atoms with Gasteiger partial charge < -0.3 is 5.11 Å². The first-order chi connectivity index (χ1) is 7.58. The maximum absolute atomic E-state index is 9.56. The Bertz CT molecular complexity index is 340. The van der Waals surface area contributed by atoms with Gasteiger partial charge in [-0.15, -0.1) is 0 Å². The van der Waals surface area contributed by atoms with Crippen molar-refractivity contribution in [2.75, 3.05) is 13.1 Å². The molecule has 2 atom stereocenters. The molecule has 0 bridgehead atoms. The molecule has 0 radical (unpaired) electrons. The number of rotatable bonds is 3. The van der Waals surface area contributed by atoms with Gasteiger partial charge in [0.25, 0.3) is 0 Å². The number of hydrogen-bond donors (Lipinski definition) is 2. The van der Waals surface area contributed by atoms with Crippen LogP contribution in [0.5, 0.6) is 0 Å². The number of aliphatic hydroxyl groups excluding tert-OH is 1. The molecule has 2 heterocycles. The predicted octanol–water partition coefficient (Wildman–Crippen LogP) is 1.23. The highest BCUT2D eigenvalue weighted by Gasteiger charge is 2.26. The number of nitrogens with zero attached hydrogens (tertiary/aromatic N) is 2. The molecule has 0 amide bonds. The van der Waals surface area contributed by atoms with Gasteiger partial charge >= 0.3 is 0 Å². The highest BCUT2D eigenvalue weighted by molar-refractivity contribution is 5.23. The third-order valence-corrected chi connectivity index (χ3v) is 3.65. The molecule has 1 aromatic rings. The number of H-pyrrole nitrogens is 1. The monoisotopic (exact) mass is 223 g/mol. The van der Waals surface area contributed by atoms with Crippen LogP contribution in [0.4, 0.5) is 0 Å². The molecule has 0 aliphatic carbocycles. The summed E-state index contributed by atoms with van der Waals surface area (Å²) in [5.74, 6) is 0.438. The van der Waals surface area contributed by atoms with Gasteiger partial charge in [0.05, 0.1) is 11.8 Å². The molecule has 0 spiro atoms. The summed E-state index contributed by atoms with van der Waals surface area (Å²) in [6.45, 7) is 9.04. The van der Waals surface area contributed by atoms with E-state index in [1.54, 1.807) is 0 Å². The third-order valence-electron chi connectivity index (χ3n) is 3.65. The molecule has 1 aliphatic heterocycles. The summed E-state index contributed by atoms with van der Waals surface area (Å²) in [6, 6.07) is 0. The molecular formula is C12H21N3O. The molecule has 2 rings (SSSR count). The van der Waals surface area contributed by atoms with Crippen LogP contribution in [-0.2, 0) is 6.54 Å². The van der Waals surface area contributed by atoms with Gasteiger partial charge in [0, 0.05) is 24.3 Å². The first-order valence-corrected chi connectivity index (χ1v) is 5.98. The number of likely N-dealkylation sites (tertiary alicyclic amines) is 1. The number of nitrogens with one attached hydrogen (secondary N) is 1. The summed E-state index contributed by atoms with van der Waals surface area (Å²) in [5, 5.41) is 16.8. The lowest BCUT2D eigenvalue weighted by Gasteiger charge is -2.17. The van der Waals surface area contributed by atoms with Gasteiger partial charge in [0.15, 0.2) is 0 Å². The summed E-state index contributed by atoms with van der Waals surface area (Å²) in [5.41, 5.74) is 3.57. The lowest BCUT2D eigenvalue weighted by molar-refractivity contribution is 0.127. The molecule has 1 aromatic heterocycles. The summed E-state index contributed by atoms with van der Waals surface area (Å²) in [7, 11) is 0. The number of aromatic amines is 1. The second-order valence-corrected chi connectivity index (χ2v) is 4.94. The van der Waals surface area contributed by atoms with Crippen molar-refractivity contribution in [3.8, 4) is 0 Å². The Hall–Kier alpha value is -0.870. The van der Waals surface area contributed by atoms with Gasteiger partial charge in [-0.05, 0) is 39.7 Å². The van der Waals surface area contributed by atoms with Gasteiger partial charge in [-0.25, -0.2) is 0 Å². The molecule has 16 heavy (non-hydrogen) atoms. The van der Waals surface area contributed by atoms with E-state index in [2.05, 4.69) is 22.0 Å². The highest BCUT2D eigenvalue weighted by Crippen LogP contribution is 2.22. The van der Waals surface area contributed by atoms with E-state index < -0.39 is 0 Å². The summed E-state index contributed by atoms with van der Waals surface area (Å²) < 4.78 is 0. The molecular weight excluding hydrogens is 202 g/mol. The maximum Gasteiger partial charge on any atom is 0.0639 e. The second-order valence-electron chi connectivity index (χ2n) is 4.94.